The topological polar surface area (TPSA) is 85.3 Å². The first kappa shape index (κ1) is 21.4. The van der Waals surface area contributed by atoms with E-state index in [0.717, 1.165) is 11.1 Å². The first-order valence-electron chi connectivity index (χ1n) is 9.49. The molecule has 7 nitrogen and oxygen atoms in total. The van der Waals surface area contributed by atoms with Crippen LogP contribution >= 0.6 is 0 Å². The van der Waals surface area contributed by atoms with Gasteiger partial charge in [0.15, 0.2) is 0 Å². The molecule has 7 heteroatoms. The van der Waals surface area contributed by atoms with Gasteiger partial charge in [0.2, 0.25) is 0 Å². The van der Waals surface area contributed by atoms with Crippen molar-refractivity contribution in [2.45, 2.75) is 13.0 Å². The molecule has 158 valence electrons. The Morgan fingerprint density at radius 2 is 1.83 bits per heavy atom. The van der Waals surface area contributed by atoms with Crippen LogP contribution in [0.25, 0.3) is 5.76 Å². The van der Waals surface area contributed by atoms with Gasteiger partial charge < -0.3 is 24.2 Å². The molecule has 0 aliphatic carbocycles. The lowest BCUT2D eigenvalue weighted by atomic mass is 9.94. The molecular formula is C23H25NO6. The summed E-state index contributed by atoms with van der Waals surface area (Å²) in [5.74, 6) is -0.836. The molecule has 1 amide bonds. The van der Waals surface area contributed by atoms with Gasteiger partial charge in [0.1, 0.15) is 17.3 Å². The van der Waals surface area contributed by atoms with Crippen LogP contribution in [0.4, 0.5) is 0 Å². The largest absolute Gasteiger partial charge is 0.507 e. The number of ketones is 1. The summed E-state index contributed by atoms with van der Waals surface area (Å²) in [6.07, 6.45) is 0. The van der Waals surface area contributed by atoms with Gasteiger partial charge >= 0.3 is 0 Å². The molecule has 3 rings (SSSR count). The molecule has 0 aromatic heterocycles. The molecule has 1 fully saturated rings. The Bertz CT molecular complexity index is 997. The van der Waals surface area contributed by atoms with Gasteiger partial charge in [-0.15, -0.1) is 0 Å². The number of rotatable bonds is 7. The predicted octanol–water partition coefficient (Wildman–Crippen LogP) is 3.08. The zero-order chi connectivity index (χ0) is 21.8. The molecular weight excluding hydrogens is 386 g/mol. The standard InChI is InChI=1S/C23H25NO6/c1-14-6-5-7-15(12-14)20-19(22(26)23(27)24(20)10-11-28-2)21(25)17-9-8-16(29-3)13-18(17)30-4/h5-9,12-13,20,25H,10-11H2,1-4H3/b21-19-. The third-order valence-corrected chi connectivity index (χ3v) is 5.10. The second-order valence-electron chi connectivity index (χ2n) is 6.97. The molecule has 1 saturated heterocycles. The molecule has 0 bridgehead atoms. The maximum atomic E-state index is 13.0. The maximum absolute atomic E-state index is 13.0. The smallest absolute Gasteiger partial charge is 0.295 e. The summed E-state index contributed by atoms with van der Waals surface area (Å²) in [4.78, 5) is 27.2. The number of likely N-dealkylation sites (tertiary alicyclic amines) is 1. The number of nitrogens with zero attached hydrogens (tertiary/aromatic N) is 1. The van der Waals surface area contributed by atoms with Gasteiger partial charge in [-0.1, -0.05) is 29.8 Å². The van der Waals surface area contributed by atoms with Crippen molar-refractivity contribution < 1.29 is 28.9 Å². The minimum atomic E-state index is -0.743. The molecule has 1 N–H and O–H groups in total. The van der Waals surface area contributed by atoms with Gasteiger partial charge in [-0.25, -0.2) is 0 Å². The van der Waals surface area contributed by atoms with Crippen molar-refractivity contribution in [3.8, 4) is 11.5 Å². The van der Waals surface area contributed by atoms with E-state index in [-0.39, 0.29) is 24.5 Å². The lowest BCUT2D eigenvalue weighted by molar-refractivity contribution is -0.140. The molecule has 1 aliphatic rings. The fraction of sp³-hybridized carbons (Fsp3) is 0.304. The summed E-state index contributed by atoms with van der Waals surface area (Å²) >= 11 is 0. The molecule has 0 radical (unpaired) electrons. The number of amides is 1. The van der Waals surface area contributed by atoms with Crippen molar-refractivity contribution in [3.63, 3.8) is 0 Å². The highest BCUT2D eigenvalue weighted by Gasteiger charge is 2.46. The average molecular weight is 411 g/mol. The van der Waals surface area contributed by atoms with Gasteiger partial charge in [-0.3, -0.25) is 9.59 Å². The summed E-state index contributed by atoms with van der Waals surface area (Å²) < 4.78 is 15.7. The Labute approximate surface area is 175 Å². The van der Waals surface area contributed by atoms with Crippen LogP contribution in [-0.2, 0) is 14.3 Å². The molecule has 1 heterocycles. The number of aryl methyl sites for hydroxylation is 1. The number of hydrogen-bond acceptors (Lipinski definition) is 6. The highest BCUT2D eigenvalue weighted by Crippen LogP contribution is 2.41. The van der Waals surface area contributed by atoms with E-state index in [4.69, 9.17) is 14.2 Å². The average Bonchev–Trinajstić information content (AvgIpc) is 3.01. The van der Waals surface area contributed by atoms with Crippen molar-refractivity contribution in [1.82, 2.24) is 4.90 Å². The normalized spacial score (nSPS) is 18.0. The number of carbonyl (C=O) groups is 2. The summed E-state index contributed by atoms with van der Waals surface area (Å²) in [5.41, 5.74) is 2.04. The van der Waals surface area contributed by atoms with Crippen molar-refractivity contribution >= 4 is 17.4 Å². The second-order valence-corrected chi connectivity index (χ2v) is 6.97. The monoisotopic (exact) mass is 411 g/mol. The van der Waals surface area contributed by atoms with Crippen LogP contribution in [0.5, 0.6) is 11.5 Å². The number of benzene rings is 2. The number of ether oxygens (including phenoxy) is 3. The highest BCUT2D eigenvalue weighted by atomic mass is 16.5. The first-order valence-corrected chi connectivity index (χ1v) is 9.49. The third kappa shape index (κ3) is 3.89. The third-order valence-electron chi connectivity index (χ3n) is 5.10. The maximum Gasteiger partial charge on any atom is 0.295 e. The number of Topliss-reactive ketones (excluding diaryl/α,β-unsaturated/α-hetero) is 1. The summed E-state index contributed by atoms with van der Waals surface area (Å²) in [5, 5.41) is 11.2. The minimum absolute atomic E-state index is 0.0187. The quantitative estimate of drug-likeness (QED) is 0.428. The van der Waals surface area contributed by atoms with Crippen molar-refractivity contribution in [1.29, 1.82) is 0 Å². The lowest BCUT2D eigenvalue weighted by Gasteiger charge is -2.25. The van der Waals surface area contributed by atoms with E-state index in [9.17, 15) is 14.7 Å². The second kappa shape index (κ2) is 9.00. The summed E-state index contributed by atoms with van der Waals surface area (Å²) in [7, 11) is 4.51. The Morgan fingerprint density at radius 3 is 2.47 bits per heavy atom. The molecule has 2 aromatic carbocycles. The van der Waals surface area contributed by atoms with Crippen LogP contribution in [0, 0.1) is 6.92 Å². The van der Waals surface area contributed by atoms with Crippen molar-refractivity contribution in [2.75, 3.05) is 34.5 Å². The van der Waals surface area contributed by atoms with Crippen molar-refractivity contribution in [3.05, 3.63) is 64.7 Å². The molecule has 2 aromatic rings. The predicted molar refractivity (Wildman–Crippen MR) is 112 cm³/mol. The van der Waals surface area contributed by atoms with Gasteiger partial charge in [-0.2, -0.15) is 0 Å². The number of aliphatic hydroxyl groups excluding tert-OH is 1. The van der Waals surface area contributed by atoms with E-state index in [1.165, 1.54) is 26.2 Å². The molecule has 1 unspecified atom stereocenters. The van der Waals surface area contributed by atoms with Gasteiger partial charge in [0.05, 0.1) is 38.0 Å². The SMILES string of the molecule is COCCN1C(=O)C(=O)/C(=C(\O)c2ccc(OC)cc2OC)C1c1cccc(C)c1. The Kier molecular flexibility index (Phi) is 6.42. The fourth-order valence-corrected chi connectivity index (χ4v) is 3.63. The van der Waals surface area contributed by atoms with Crippen LogP contribution < -0.4 is 9.47 Å². The van der Waals surface area contributed by atoms with Crippen LogP contribution in [0.15, 0.2) is 48.0 Å². The fourth-order valence-electron chi connectivity index (χ4n) is 3.63. The molecule has 0 spiro atoms. The van der Waals surface area contributed by atoms with Gasteiger partial charge in [0, 0.05) is 19.7 Å². The Balaban J connectivity index is 2.21. The number of methoxy groups -OCH3 is 3. The minimum Gasteiger partial charge on any atom is -0.507 e. The summed E-state index contributed by atoms with van der Waals surface area (Å²) in [6.45, 7) is 2.41. The number of hydrogen-bond donors (Lipinski definition) is 1. The van der Waals surface area contributed by atoms with E-state index >= 15 is 0 Å². The number of aliphatic hydroxyl groups is 1. The summed E-state index contributed by atoms with van der Waals surface area (Å²) in [6, 6.07) is 11.6. The number of carbonyl (C=O) groups excluding carboxylic acids is 2. The molecule has 0 saturated carbocycles. The van der Waals surface area contributed by atoms with Crippen LogP contribution in [-0.4, -0.2) is 56.2 Å². The highest BCUT2D eigenvalue weighted by molar-refractivity contribution is 6.46. The Hall–Kier alpha value is -3.32. The van der Waals surface area contributed by atoms with E-state index in [1.54, 1.807) is 18.2 Å². The van der Waals surface area contributed by atoms with Gasteiger partial charge in [-0.05, 0) is 24.6 Å². The van der Waals surface area contributed by atoms with Crippen LogP contribution in [0.1, 0.15) is 22.7 Å². The molecule has 1 atom stereocenters. The van der Waals surface area contributed by atoms with E-state index in [1.807, 2.05) is 31.2 Å². The van der Waals surface area contributed by atoms with E-state index < -0.39 is 17.7 Å². The zero-order valence-corrected chi connectivity index (χ0v) is 17.5. The van der Waals surface area contributed by atoms with E-state index in [2.05, 4.69) is 0 Å². The van der Waals surface area contributed by atoms with Crippen LogP contribution in [0.3, 0.4) is 0 Å². The Morgan fingerprint density at radius 1 is 1.07 bits per heavy atom. The molecule has 30 heavy (non-hydrogen) atoms. The lowest BCUT2D eigenvalue weighted by Crippen LogP contribution is -2.32. The van der Waals surface area contributed by atoms with Crippen molar-refractivity contribution in [2.24, 2.45) is 0 Å². The first-order chi connectivity index (χ1) is 14.4. The van der Waals surface area contributed by atoms with E-state index in [0.29, 0.717) is 17.1 Å². The van der Waals surface area contributed by atoms with Crippen LogP contribution in [0.2, 0.25) is 0 Å². The van der Waals surface area contributed by atoms with Gasteiger partial charge in [0.25, 0.3) is 11.7 Å². The zero-order valence-electron chi connectivity index (χ0n) is 17.5. The molecule has 1 aliphatic heterocycles.